The fourth-order valence-electron chi connectivity index (χ4n) is 3.05. The number of aliphatic hydroxyl groups excluding tert-OH is 1. The van der Waals surface area contributed by atoms with E-state index in [9.17, 15) is 5.11 Å². The summed E-state index contributed by atoms with van der Waals surface area (Å²) in [6.07, 6.45) is 6.97. The molecule has 0 heterocycles. The summed E-state index contributed by atoms with van der Waals surface area (Å²) in [5.74, 6) is 0.763. The maximum atomic E-state index is 10.2. The first-order valence-electron chi connectivity index (χ1n) is 8.07. The van der Waals surface area contributed by atoms with Crippen LogP contribution >= 0.6 is 0 Å². The summed E-state index contributed by atoms with van der Waals surface area (Å²) in [6, 6.07) is 8.29. The summed E-state index contributed by atoms with van der Waals surface area (Å²) in [5.41, 5.74) is 2.30. The second-order valence-corrected chi connectivity index (χ2v) is 6.23. The maximum absolute atomic E-state index is 10.2. The standard InChI is InChI=1S/C18H28O2/c1-3-5-15-8-10-16(11-9-15)18(19)13-20-17-7-4-6-14(2)12-17/h8-11,14,17-19H,3-7,12-13H2,1-2H3. The minimum atomic E-state index is -0.497. The fraction of sp³-hybridized carbons (Fsp3) is 0.667. The van der Waals surface area contributed by atoms with Gasteiger partial charge < -0.3 is 9.84 Å². The molecule has 1 N–H and O–H groups in total. The molecule has 1 saturated carbocycles. The van der Waals surface area contributed by atoms with Crippen molar-refractivity contribution in [3.8, 4) is 0 Å². The molecule has 3 unspecified atom stereocenters. The van der Waals surface area contributed by atoms with Gasteiger partial charge in [-0.3, -0.25) is 0 Å². The molecule has 0 aromatic heterocycles. The zero-order valence-electron chi connectivity index (χ0n) is 12.8. The highest BCUT2D eigenvalue weighted by molar-refractivity contribution is 5.24. The summed E-state index contributed by atoms with van der Waals surface area (Å²) in [7, 11) is 0. The highest BCUT2D eigenvalue weighted by atomic mass is 16.5. The monoisotopic (exact) mass is 276 g/mol. The van der Waals surface area contributed by atoms with Gasteiger partial charge in [-0.05, 0) is 36.3 Å². The van der Waals surface area contributed by atoms with Gasteiger partial charge in [0.2, 0.25) is 0 Å². The molecule has 112 valence electrons. The smallest absolute Gasteiger partial charge is 0.102 e. The molecule has 2 nitrogen and oxygen atoms in total. The lowest BCUT2D eigenvalue weighted by Gasteiger charge is -2.27. The molecule has 2 rings (SSSR count). The van der Waals surface area contributed by atoms with E-state index in [0.717, 1.165) is 37.2 Å². The molecular weight excluding hydrogens is 248 g/mol. The highest BCUT2D eigenvalue weighted by Gasteiger charge is 2.20. The van der Waals surface area contributed by atoms with E-state index in [1.807, 2.05) is 12.1 Å². The van der Waals surface area contributed by atoms with Crippen molar-refractivity contribution in [3.63, 3.8) is 0 Å². The van der Waals surface area contributed by atoms with Gasteiger partial charge in [-0.25, -0.2) is 0 Å². The number of aryl methyl sites for hydroxylation is 1. The number of aliphatic hydroxyl groups is 1. The summed E-state index contributed by atoms with van der Waals surface area (Å²) in [4.78, 5) is 0. The Bertz CT molecular complexity index is 385. The Hall–Kier alpha value is -0.860. The lowest BCUT2D eigenvalue weighted by Crippen LogP contribution is -2.23. The molecule has 0 aliphatic heterocycles. The summed E-state index contributed by atoms with van der Waals surface area (Å²) in [6.45, 7) is 4.89. The number of rotatable bonds is 6. The highest BCUT2D eigenvalue weighted by Crippen LogP contribution is 2.26. The molecule has 20 heavy (non-hydrogen) atoms. The van der Waals surface area contributed by atoms with Crippen LogP contribution in [0.3, 0.4) is 0 Å². The average Bonchev–Trinajstić information content (AvgIpc) is 2.46. The SMILES string of the molecule is CCCc1ccc(C(O)COC2CCCC(C)C2)cc1. The van der Waals surface area contributed by atoms with Crippen molar-refractivity contribution < 1.29 is 9.84 Å². The molecule has 0 saturated heterocycles. The van der Waals surface area contributed by atoms with Crippen LogP contribution in [-0.2, 0) is 11.2 Å². The van der Waals surface area contributed by atoms with Crippen molar-refractivity contribution in [1.82, 2.24) is 0 Å². The van der Waals surface area contributed by atoms with Crippen LogP contribution in [0.25, 0.3) is 0 Å². The Morgan fingerprint density at radius 1 is 1.25 bits per heavy atom. The van der Waals surface area contributed by atoms with Crippen molar-refractivity contribution in [2.45, 2.75) is 64.6 Å². The molecule has 3 atom stereocenters. The molecule has 1 fully saturated rings. The van der Waals surface area contributed by atoms with E-state index in [2.05, 4.69) is 26.0 Å². The molecule has 0 spiro atoms. The first-order valence-corrected chi connectivity index (χ1v) is 8.07. The molecule has 1 aromatic carbocycles. The molecule has 0 amide bonds. The minimum absolute atomic E-state index is 0.341. The van der Waals surface area contributed by atoms with Gasteiger partial charge in [0, 0.05) is 0 Å². The lowest BCUT2D eigenvalue weighted by molar-refractivity contribution is -0.0322. The van der Waals surface area contributed by atoms with Crippen molar-refractivity contribution in [3.05, 3.63) is 35.4 Å². The van der Waals surface area contributed by atoms with Crippen LogP contribution in [0, 0.1) is 5.92 Å². The largest absolute Gasteiger partial charge is 0.386 e. The fourth-order valence-corrected chi connectivity index (χ4v) is 3.05. The van der Waals surface area contributed by atoms with Crippen LogP contribution in [0.4, 0.5) is 0 Å². The molecule has 0 radical (unpaired) electrons. The first-order chi connectivity index (χ1) is 9.69. The van der Waals surface area contributed by atoms with Crippen LogP contribution in [0.2, 0.25) is 0 Å². The van der Waals surface area contributed by atoms with Crippen LogP contribution in [0.1, 0.15) is 63.2 Å². The first kappa shape index (κ1) is 15.5. The van der Waals surface area contributed by atoms with E-state index in [1.54, 1.807) is 0 Å². The number of ether oxygens (including phenoxy) is 1. The number of hydrogen-bond acceptors (Lipinski definition) is 2. The molecule has 1 aromatic rings. The second kappa shape index (κ2) is 7.80. The predicted octanol–water partition coefficient (Wildman–Crippen LogP) is 4.27. The van der Waals surface area contributed by atoms with Gasteiger partial charge in [-0.2, -0.15) is 0 Å². The number of hydrogen-bond donors (Lipinski definition) is 1. The van der Waals surface area contributed by atoms with Crippen LogP contribution in [-0.4, -0.2) is 17.8 Å². The van der Waals surface area contributed by atoms with Crippen LogP contribution < -0.4 is 0 Å². The molecule has 1 aliphatic carbocycles. The van der Waals surface area contributed by atoms with Crippen molar-refractivity contribution in [1.29, 1.82) is 0 Å². The van der Waals surface area contributed by atoms with Crippen LogP contribution in [0.5, 0.6) is 0 Å². The quantitative estimate of drug-likeness (QED) is 0.841. The van der Waals surface area contributed by atoms with E-state index in [4.69, 9.17) is 4.74 Å². The van der Waals surface area contributed by atoms with Gasteiger partial charge in [0.05, 0.1) is 12.7 Å². The predicted molar refractivity (Wildman–Crippen MR) is 82.8 cm³/mol. The van der Waals surface area contributed by atoms with Crippen molar-refractivity contribution in [2.75, 3.05) is 6.61 Å². The molecular formula is C18H28O2. The zero-order chi connectivity index (χ0) is 14.4. The van der Waals surface area contributed by atoms with Gasteiger partial charge in [-0.15, -0.1) is 0 Å². The van der Waals surface area contributed by atoms with Crippen LogP contribution in [0.15, 0.2) is 24.3 Å². The van der Waals surface area contributed by atoms with Crippen molar-refractivity contribution in [2.24, 2.45) is 5.92 Å². The summed E-state index contributed by atoms with van der Waals surface area (Å²) >= 11 is 0. The third-order valence-corrected chi connectivity index (χ3v) is 4.28. The Morgan fingerprint density at radius 2 is 2.00 bits per heavy atom. The third kappa shape index (κ3) is 4.60. The maximum Gasteiger partial charge on any atom is 0.102 e. The summed E-state index contributed by atoms with van der Waals surface area (Å²) < 4.78 is 5.90. The van der Waals surface area contributed by atoms with E-state index >= 15 is 0 Å². The lowest BCUT2D eigenvalue weighted by atomic mass is 9.89. The minimum Gasteiger partial charge on any atom is -0.386 e. The average molecular weight is 276 g/mol. The Labute approximate surface area is 123 Å². The third-order valence-electron chi connectivity index (χ3n) is 4.28. The zero-order valence-corrected chi connectivity index (χ0v) is 12.8. The Balaban J connectivity index is 1.80. The topological polar surface area (TPSA) is 29.5 Å². The molecule has 1 aliphatic rings. The van der Waals surface area contributed by atoms with E-state index in [1.165, 1.54) is 18.4 Å². The molecule has 2 heteroatoms. The Kier molecular flexibility index (Phi) is 6.06. The van der Waals surface area contributed by atoms with Gasteiger partial charge in [0.1, 0.15) is 6.10 Å². The summed E-state index contributed by atoms with van der Waals surface area (Å²) in [5, 5.41) is 10.2. The van der Waals surface area contributed by atoms with Gasteiger partial charge in [0.15, 0.2) is 0 Å². The van der Waals surface area contributed by atoms with Gasteiger partial charge >= 0.3 is 0 Å². The molecule has 0 bridgehead atoms. The normalized spacial score (nSPS) is 24.6. The van der Waals surface area contributed by atoms with Gasteiger partial charge in [0.25, 0.3) is 0 Å². The second-order valence-electron chi connectivity index (χ2n) is 6.23. The van der Waals surface area contributed by atoms with Gasteiger partial charge in [-0.1, -0.05) is 57.4 Å². The number of benzene rings is 1. The Morgan fingerprint density at radius 3 is 2.65 bits per heavy atom. The van der Waals surface area contributed by atoms with E-state index < -0.39 is 6.10 Å². The van der Waals surface area contributed by atoms with Crippen molar-refractivity contribution >= 4 is 0 Å². The van der Waals surface area contributed by atoms with E-state index in [-0.39, 0.29) is 0 Å². The van der Waals surface area contributed by atoms with E-state index in [0.29, 0.717) is 12.7 Å².